The van der Waals surface area contributed by atoms with Crippen molar-refractivity contribution in [2.24, 2.45) is 17.6 Å². The van der Waals surface area contributed by atoms with Crippen LogP contribution in [0.5, 0.6) is 0 Å². The van der Waals surface area contributed by atoms with Crippen LogP contribution in [0.2, 0.25) is 0 Å². The fourth-order valence-electron chi connectivity index (χ4n) is 3.97. The van der Waals surface area contributed by atoms with Gasteiger partial charge in [0.15, 0.2) is 0 Å². The van der Waals surface area contributed by atoms with E-state index in [0.29, 0.717) is 25.7 Å². The van der Waals surface area contributed by atoms with Gasteiger partial charge in [-0.1, -0.05) is 12.2 Å². The normalized spacial score (nSPS) is 26.6. The molecule has 5 atom stereocenters. The Kier molecular flexibility index (Phi) is 9.48. The molecule has 1 saturated carbocycles. The van der Waals surface area contributed by atoms with Crippen molar-refractivity contribution < 1.29 is 20.1 Å². The summed E-state index contributed by atoms with van der Waals surface area (Å²) in [7, 11) is 0. The van der Waals surface area contributed by atoms with Gasteiger partial charge >= 0.3 is 0 Å². The Morgan fingerprint density at radius 1 is 1.26 bits per heavy atom. The van der Waals surface area contributed by atoms with Gasteiger partial charge in [0, 0.05) is 6.42 Å². The number of nitrogens with two attached hydrogens (primary N) is 1. The first-order chi connectivity index (χ1) is 13.0. The quantitative estimate of drug-likeness (QED) is 0.323. The maximum absolute atomic E-state index is 10.7. The summed E-state index contributed by atoms with van der Waals surface area (Å²) in [5, 5.41) is 35.0. The number of aliphatic hydroxyl groups excluding tert-OH is 3. The van der Waals surface area contributed by atoms with E-state index >= 15 is 0 Å². The lowest BCUT2D eigenvalue weighted by molar-refractivity contribution is -0.118. The Morgan fingerprint density at radius 3 is 2.74 bits per heavy atom. The maximum atomic E-state index is 10.7. The van der Waals surface area contributed by atoms with Crippen LogP contribution in [0.15, 0.2) is 29.0 Å². The minimum absolute atomic E-state index is 0.0195. The molecule has 152 valence electrons. The first-order valence-corrected chi connectivity index (χ1v) is 10.9. The Labute approximate surface area is 165 Å². The lowest BCUT2D eigenvalue weighted by Gasteiger charge is -2.23. The molecule has 1 amide bonds. The molecule has 6 heteroatoms. The summed E-state index contributed by atoms with van der Waals surface area (Å²) in [6.45, 7) is 0. The van der Waals surface area contributed by atoms with Gasteiger partial charge in [-0.05, 0) is 85.6 Å². The van der Waals surface area contributed by atoms with Crippen LogP contribution in [0, 0.1) is 11.8 Å². The molecule has 1 aromatic heterocycles. The van der Waals surface area contributed by atoms with E-state index in [2.05, 4.69) is 11.4 Å². The Hall–Kier alpha value is -1.21. The summed E-state index contributed by atoms with van der Waals surface area (Å²) in [6, 6.07) is 2.08. The van der Waals surface area contributed by atoms with Gasteiger partial charge in [0.25, 0.3) is 0 Å². The largest absolute Gasteiger partial charge is 0.393 e. The van der Waals surface area contributed by atoms with E-state index in [4.69, 9.17) is 5.73 Å². The van der Waals surface area contributed by atoms with Crippen LogP contribution in [0.1, 0.15) is 56.9 Å². The van der Waals surface area contributed by atoms with E-state index in [1.807, 2.05) is 17.5 Å². The number of primary amides is 1. The molecule has 0 bridgehead atoms. The van der Waals surface area contributed by atoms with E-state index in [1.165, 1.54) is 5.56 Å². The SMILES string of the molecule is NC(=O)CCCC=CC[C@H]1C(O)CC(O)[C@@H]1CCC(O)CCc1ccsc1. The molecule has 1 aromatic rings. The van der Waals surface area contributed by atoms with Crippen molar-refractivity contribution in [2.45, 2.75) is 76.1 Å². The zero-order valence-corrected chi connectivity index (χ0v) is 16.7. The van der Waals surface area contributed by atoms with Crippen molar-refractivity contribution in [3.8, 4) is 0 Å². The number of allylic oxidation sites excluding steroid dienone is 2. The molecule has 2 rings (SSSR count). The minimum Gasteiger partial charge on any atom is -0.393 e. The molecule has 0 aromatic carbocycles. The second-order valence-corrected chi connectivity index (χ2v) is 8.45. The van der Waals surface area contributed by atoms with E-state index in [0.717, 1.165) is 32.1 Å². The second-order valence-electron chi connectivity index (χ2n) is 7.67. The first-order valence-electron chi connectivity index (χ1n) is 9.96. The number of aryl methyl sites for hydroxylation is 1. The molecule has 1 aliphatic carbocycles. The third-order valence-corrected chi connectivity index (χ3v) is 6.30. The summed E-state index contributed by atoms with van der Waals surface area (Å²) in [5.41, 5.74) is 6.38. The number of carbonyl (C=O) groups excluding carboxylic acids is 1. The van der Waals surface area contributed by atoms with Crippen LogP contribution >= 0.6 is 11.3 Å². The predicted molar refractivity (Wildman–Crippen MR) is 108 cm³/mol. The average Bonchev–Trinajstić information content (AvgIpc) is 3.22. The number of hydrogen-bond acceptors (Lipinski definition) is 5. The minimum atomic E-state index is -0.502. The highest BCUT2D eigenvalue weighted by Gasteiger charge is 2.40. The van der Waals surface area contributed by atoms with Crippen molar-refractivity contribution in [2.75, 3.05) is 0 Å². The van der Waals surface area contributed by atoms with Crippen LogP contribution in [0.3, 0.4) is 0 Å². The lowest BCUT2D eigenvalue weighted by Crippen LogP contribution is -2.23. The standard InChI is InChI=1S/C21H33NO4S/c22-21(26)6-4-2-1-3-5-17-18(20(25)13-19(17)24)10-9-16(23)8-7-15-11-12-27-14-15/h1,3,11-12,14,16-20,23-25H,2,4-10,13H2,(H2,22,26)/t16?,17-,18-,19?,20?/m1/s1. The smallest absolute Gasteiger partial charge is 0.217 e. The van der Waals surface area contributed by atoms with Crippen LogP contribution in [-0.2, 0) is 11.2 Å². The number of thiophene rings is 1. The van der Waals surface area contributed by atoms with E-state index < -0.39 is 12.2 Å². The van der Waals surface area contributed by atoms with Crippen molar-refractivity contribution in [3.05, 3.63) is 34.5 Å². The number of unbranched alkanes of at least 4 members (excludes halogenated alkanes) is 1. The zero-order chi connectivity index (χ0) is 19.6. The topological polar surface area (TPSA) is 104 Å². The van der Waals surface area contributed by atoms with Gasteiger partial charge in [-0.2, -0.15) is 11.3 Å². The molecule has 27 heavy (non-hydrogen) atoms. The van der Waals surface area contributed by atoms with Gasteiger partial charge in [0.2, 0.25) is 5.91 Å². The number of amides is 1. The summed E-state index contributed by atoms with van der Waals surface area (Å²) in [4.78, 5) is 10.7. The lowest BCUT2D eigenvalue weighted by atomic mass is 9.85. The molecule has 1 aliphatic rings. The molecule has 0 radical (unpaired) electrons. The number of rotatable bonds is 12. The van der Waals surface area contributed by atoms with Crippen molar-refractivity contribution >= 4 is 17.2 Å². The van der Waals surface area contributed by atoms with Crippen molar-refractivity contribution in [1.82, 2.24) is 0 Å². The fourth-order valence-corrected chi connectivity index (χ4v) is 4.67. The van der Waals surface area contributed by atoms with E-state index in [9.17, 15) is 20.1 Å². The van der Waals surface area contributed by atoms with E-state index in [1.54, 1.807) is 11.3 Å². The molecular weight excluding hydrogens is 362 g/mol. The Bertz CT molecular complexity index is 575. The van der Waals surface area contributed by atoms with Crippen LogP contribution in [0.25, 0.3) is 0 Å². The molecule has 0 saturated heterocycles. The Balaban J connectivity index is 1.73. The number of aliphatic hydroxyl groups is 3. The van der Waals surface area contributed by atoms with Crippen LogP contribution in [-0.4, -0.2) is 39.5 Å². The molecule has 1 heterocycles. The molecule has 1 fully saturated rings. The predicted octanol–water partition coefficient (Wildman–Crippen LogP) is 2.78. The highest BCUT2D eigenvalue weighted by atomic mass is 32.1. The van der Waals surface area contributed by atoms with Gasteiger partial charge in [-0.25, -0.2) is 0 Å². The zero-order valence-electron chi connectivity index (χ0n) is 15.9. The van der Waals surface area contributed by atoms with Gasteiger partial charge in [-0.3, -0.25) is 4.79 Å². The van der Waals surface area contributed by atoms with Gasteiger partial charge in [-0.15, -0.1) is 0 Å². The van der Waals surface area contributed by atoms with Crippen LogP contribution in [0.4, 0.5) is 0 Å². The highest BCUT2D eigenvalue weighted by Crippen LogP contribution is 2.38. The third kappa shape index (κ3) is 7.74. The van der Waals surface area contributed by atoms with Crippen LogP contribution < -0.4 is 5.73 Å². The molecule has 0 spiro atoms. The summed E-state index contributed by atoms with van der Waals surface area (Å²) >= 11 is 1.67. The summed E-state index contributed by atoms with van der Waals surface area (Å²) < 4.78 is 0. The molecule has 3 unspecified atom stereocenters. The highest BCUT2D eigenvalue weighted by molar-refractivity contribution is 7.07. The fraction of sp³-hybridized carbons (Fsp3) is 0.667. The maximum Gasteiger partial charge on any atom is 0.217 e. The van der Waals surface area contributed by atoms with Gasteiger partial charge < -0.3 is 21.1 Å². The monoisotopic (exact) mass is 395 g/mol. The van der Waals surface area contributed by atoms with Gasteiger partial charge in [0.05, 0.1) is 18.3 Å². The Morgan fingerprint density at radius 2 is 2.04 bits per heavy atom. The van der Waals surface area contributed by atoms with Gasteiger partial charge in [0.1, 0.15) is 0 Å². The van der Waals surface area contributed by atoms with E-state index in [-0.39, 0.29) is 23.8 Å². The molecule has 0 aliphatic heterocycles. The number of carbonyl (C=O) groups is 1. The second kappa shape index (κ2) is 11.6. The summed E-state index contributed by atoms with van der Waals surface area (Å²) in [5.74, 6) is -0.238. The number of hydrogen-bond donors (Lipinski definition) is 4. The molecule has 5 nitrogen and oxygen atoms in total. The summed E-state index contributed by atoms with van der Waals surface area (Å²) in [6.07, 6.45) is 8.70. The average molecular weight is 396 g/mol. The van der Waals surface area contributed by atoms with Crippen molar-refractivity contribution in [1.29, 1.82) is 0 Å². The molecular formula is C21H33NO4S. The first kappa shape index (κ1) is 22.1. The van der Waals surface area contributed by atoms with Crippen molar-refractivity contribution in [3.63, 3.8) is 0 Å². The third-order valence-electron chi connectivity index (χ3n) is 5.57. The molecule has 5 N–H and O–H groups in total.